The van der Waals surface area contributed by atoms with Crippen LogP contribution in [0, 0.1) is 6.92 Å². The molecule has 0 spiro atoms. The molecule has 1 fully saturated rings. The van der Waals surface area contributed by atoms with E-state index in [1.807, 2.05) is 24.0 Å². The van der Waals surface area contributed by atoms with Crippen molar-refractivity contribution in [1.82, 2.24) is 20.3 Å². The number of carbonyl (C=O) groups excluding carboxylic acids is 2. The number of aromatic nitrogens is 1. The molecule has 0 bridgehead atoms. The molecule has 1 unspecified atom stereocenters. The Morgan fingerprint density at radius 2 is 1.81 bits per heavy atom. The molecule has 1 N–H and O–H groups in total. The van der Waals surface area contributed by atoms with Crippen LogP contribution in [0.2, 0.25) is 5.02 Å². The summed E-state index contributed by atoms with van der Waals surface area (Å²) in [4.78, 5) is 34.2. The first-order valence-electron chi connectivity index (χ1n) is 11.9. The molecule has 0 aliphatic carbocycles. The number of benzene rings is 2. The number of pyridine rings is 1. The van der Waals surface area contributed by atoms with E-state index in [0.717, 1.165) is 22.2 Å². The molecule has 1 atom stereocenters. The van der Waals surface area contributed by atoms with Gasteiger partial charge in [0.05, 0.1) is 10.6 Å². The predicted molar refractivity (Wildman–Crippen MR) is 144 cm³/mol. The van der Waals surface area contributed by atoms with Crippen LogP contribution in [0.5, 0.6) is 0 Å². The Kier molecular flexibility index (Phi) is 8.01. The molecule has 1 aromatic heterocycles. The Hall–Kier alpha value is -3.21. The van der Waals surface area contributed by atoms with Gasteiger partial charge in [-0.2, -0.15) is 0 Å². The second-order valence-electron chi connectivity index (χ2n) is 9.30. The largest absolute Gasteiger partial charge is 0.367 e. The first-order valence-corrected chi connectivity index (χ1v) is 13.9. The van der Waals surface area contributed by atoms with Crippen molar-refractivity contribution >= 4 is 49.7 Å². The lowest BCUT2D eigenvalue weighted by atomic mass is 10.1. The average molecular weight is 544 g/mol. The normalized spacial score (nSPS) is 16.3. The van der Waals surface area contributed by atoms with Gasteiger partial charge >= 0.3 is 0 Å². The summed E-state index contributed by atoms with van der Waals surface area (Å²) < 4.78 is 26.1. The van der Waals surface area contributed by atoms with Gasteiger partial charge in [-0.05, 0) is 54.1 Å². The number of aryl methyl sites for hydroxylation is 1. The number of hydrogen-bond acceptors (Lipinski definition) is 7. The van der Waals surface area contributed by atoms with Gasteiger partial charge < -0.3 is 9.80 Å². The maximum Gasteiger partial charge on any atom is 0.258 e. The molecule has 37 heavy (non-hydrogen) atoms. The number of hydrazine groups is 1. The van der Waals surface area contributed by atoms with Crippen LogP contribution in [0.25, 0.3) is 10.8 Å². The molecular weight excluding hydrogens is 514 g/mol. The summed E-state index contributed by atoms with van der Waals surface area (Å²) in [6.45, 7) is 2.99. The summed E-state index contributed by atoms with van der Waals surface area (Å²) in [6.07, 6.45) is 1.49. The predicted octanol–water partition coefficient (Wildman–Crippen LogP) is 2.67. The molecule has 11 heteroatoms. The summed E-state index contributed by atoms with van der Waals surface area (Å²) in [5.41, 5.74) is 4.51. The maximum atomic E-state index is 13.2. The van der Waals surface area contributed by atoms with E-state index in [4.69, 9.17) is 11.6 Å². The van der Waals surface area contributed by atoms with Crippen LogP contribution in [0.4, 0.5) is 5.69 Å². The van der Waals surface area contributed by atoms with E-state index in [-0.39, 0.29) is 35.4 Å². The number of sulfone groups is 1. The zero-order valence-electron chi connectivity index (χ0n) is 21.0. The zero-order chi connectivity index (χ0) is 26.7. The summed E-state index contributed by atoms with van der Waals surface area (Å²) in [7, 11) is -0.327. The van der Waals surface area contributed by atoms with Crippen molar-refractivity contribution in [2.75, 3.05) is 44.4 Å². The molecule has 1 saturated heterocycles. The van der Waals surface area contributed by atoms with Gasteiger partial charge in [0.25, 0.3) is 5.91 Å². The molecular formula is C26H30ClN5O4S. The van der Waals surface area contributed by atoms with Crippen LogP contribution in [0.1, 0.15) is 12.1 Å². The first-order chi connectivity index (χ1) is 17.5. The summed E-state index contributed by atoms with van der Waals surface area (Å²) >= 11 is 6.02. The van der Waals surface area contributed by atoms with Gasteiger partial charge in [-0.25, -0.2) is 13.4 Å². The minimum atomic E-state index is -3.72. The van der Waals surface area contributed by atoms with E-state index < -0.39 is 15.9 Å². The van der Waals surface area contributed by atoms with Gasteiger partial charge in [0.2, 0.25) is 5.91 Å². The van der Waals surface area contributed by atoms with Gasteiger partial charge in [-0.3, -0.25) is 20.0 Å². The van der Waals surface area contributed by atoms with Crippen molar-refractivity contribution < 1.29 is 18.0 Å². The number of rotatable bonds is 7. The van der Waals surface area contributed by atoms with Gasteiger partial charge in [0.1, 0.15) is 6.04 Å². The lowest BCUT2D eigenvalue weighted by molar-refractivity contribution is -0.142. The van der Waals surface area contributed by atoms with E-state index in [0.29, 0.717) is 18.1 Å². The van der Waals surface area contributed by atoms with Crippen LogP contribution in [-0.2, 0) is 19.4 Å². The summed E-state index contributed by atoms with van der Waals surface area (Å²) in [6, 6.07) is 13.1. The highest BCUT2D eigenvalue weighted by Gasteiger charge is 2.36. The number of carbonyl (C=O) groups is 2. The Labute approximate surface area is 221 Å². The number of fused-ring (bicyclic) bond motifs is 1. The third-order valence-corrected chi connectivity index (χ3v) is 8.25. The number of nitrogens with zero attached hydrogens (tertiary/aromatic N) is 4. The maximum absolute atomic E-state index is 13.2. The SMILES string of the molecule is Cc1cc(N2CCN(C(=O)CCS(=O)(=O)c3ccc4cc(Cl)ccc4c3)C(C(=O)NN(C)C)C2)ccn1. The van der Waals surface area contributed by atoms with Crippen LogP contribution in [0.3, 0.4) is 0 Å². The molecule has 1 aliphatic rings. The Morgan fingerprint density at radius 1 is 1.08 bits per heavy atom. The van der Waals surface area contributed by atoms with Crippen LogP contribution in [0.15, 0.2) is 59.6 Å². The van der Waals surface area contributed by atoms with Crippen molar-refractivity contribution in [2.24, 2.45) is 0 Å². The van der Waals surface area contributed by atoms with Crippen molar-refractivity contribution in [1.29, 1.82) is 0 Å². The summed E-state index contributed by atoms with van der Waals surface area (Å²) in [5, 5.41) is 3.68. The molecule has 196 valence electrons. The van der Waals surface area contributed by atoms with E-state index in [2.05, 4.69) is 10.4 Å². The number of piperazine rings is 1. The molecule has 4 rings (SSSR count). The topological polar surface area (TPSA) is 103 Å². The molecule has 1 aliphatic heterocycles. The fourth-order valence-electron chi connectivity index (χ4n) is 4.43. The lowest BCUT2D eigenvalue weighted by Gasteiger charge is -2.42. The van der Waals surface area contributed by atoms with Crippen molar-refractivity contribution in [3.05, 3.63) is 65.4 Å². The highest BCUT2D eigenvalue weighted by molar-refractivity contribution is 7.91. The van der Waals surface area contributed by atoms with Gasteiger partial charge in [-0.1, -0.05) is 23.7 Å². The number of hydrogen-bond donors (Lipinski definition) is 1. The second kappa shape index (κ2) is 11.0. The van der Waals surface area contributed by atoms with Gasteiger partial charge in [0.15, 0.2) is 9.84 Å². The van der Waals surface area contributed by atoms with Crippen molar-refractivity contribution in [3.63, 3.8) is 0 Å². The van der Waals surface area contributed by atoms with E-state index in [9.17, 15) is 18.0 Å². The quantitative estimate of drug-likeness (QED) is 0.457. The molecule has 2 amide bonds. The van der Waals surface area contributed by atoms with E-state index >= 15 is 0 Å². The van der Waals surface area contributed by atoms with E-state index in [1.54, 1.807) is 50.6 Å². The van der Waals surface area contributed by atoms with Crippen LogP contribution < -0.4 is 10.3 Å². The monoisotopic (exact) mass is 543 g/mol. The molecule has 3 aromatic rings. The van der Waals surface area contributed by atoms with Crippen LogP contribution in [-0.4, -0.2) is 80.6 Å². The number of anilines is 1. The van der Waals surface area contributed by atoms with Gasteiger partial charge in [-0.15, -0.1) is 0 Å². The smallest absolute Gasteiger partial charge is 0.258 e. The molecule has 2 heterocycles. The average Bonchev–Trinajstić information content (AvgIpc) is 2.86. The van der Waals surface area contributed by atoms with Crippen molar-refractivity contribution in [2.45, 2.75) is 24.3 Å². The first kappa shape index (κ1) is 26.8. The molecule has 0 radical (unpaired) electrons. The number of nitrogens with one attached hydrogen (secondary N) is 1. The number of halogens is 1. The Morgan fingerprint density at radius 3 is 2.54 bits per heavy atom. The third-order valence-electron chi connectivity index (χ3n) is 6.30. The Balaban J connectivity index is 1.49. The summed E-state index contributed by atoms with van der Waals surface area (Å²) in [5.74, 6) is -1.05. The zero-order valence-corrected chi connectivity index (χ0v) is 22.6. The van der Waals surface area contributed by atoms with Crippen molar-refractivity contribution in [3.8, 4) is 0 Å². The minimum Gasteiger partial charge on any atom is -0.367 e. The second-order valence-corrected chi connectivity index (χ2v) is 11.8. The Bertz CT molecular complexity index is 1430. The van der Waals surface area contributed by atoms with E-state index in [1.165, 1.54) is 16.0 Å². The molecule has 0 saturated carbocycles. The third kappa shape index (κ3) is 6.38. The highest BCUT2D eigenvalue weighted by atomic mass is 35.5. The fraction of sp³-hybridized carbons (Fsp3) is 0.346. The number of amides is 2. The minimum absolute atomic E-state index is 0.148. The lowest BCUT2D eigenvalue weighted by Crippen LogP contribution is -2.62. The highest BCUT2D eigenvalue weighted by Crippen LogP contribution is 2.24. The standard InChI is InChI=1S/C26H30ClN5O4S/c1-18-14-22(8-10-28-18)31-11-12-32(24(17-31)26(34)29-30(2)3)25(33)9-13-37(35,36)23-7-5-19-15-21(27)6-4-20(19)16-23/h4-8,10,14-16,24H,9,11-13,17H2,1-3H3,(H,29,34). The molecule has 2 aromatic carbocycles. The molecule has 9 nitrogen and oxygen atoms in total. The fourth-order valence-corrected chi connectivity index (χ4v) is 5.88. The van der Waals surface area contributed by atoms with Crippen LogP contribution >= 0.6 is 11.6 Å². The van der Waals surface area contributed by atoms with Gasteiger partial charge in [0, 0.05) is 62.8 Å².